The van der Waals surface area contributed by atoms with Crippen LogP contribution in [0, 0.1) is 0 Å². The van der Waals surface area contributed by atoms with Crippen LogP contribution in [0.2, 0.25) is 0 Å². The van der Waals surface area contributed by atoms with Gasteiger partial charge in [-0.2, -0.15) is 4.98 Å². The molecule has 3 aromatic rings. The SMILES string of the molecule is CCn1cnc(NC(=O)N2CCCC(c3nc(-c4ccccc4)no3)C2)n1. The molecule has 2 amide bonds. The van der Waals surface area contributed by atoms with Gasteiger partial charge in [0.25, 0.3) is 0 Å². The number of benzene rings is 1. The summed E-state index contributed by atoms with van der Waals surface area (Å²) in [5.41, 5.74) is 0.912. The van der Waals surface area contributed by atoms with Gasteiger partial charge in [0.05, 0.1) is 5.92 Å². The lowest BCUT2D eigenvalue weighted by Crippen LogP contribution is -2.41. The standard InChI is InChI=1S/C18H21N7O2/c1-2-25-12-19-17(22-25)21-18(26)24-10-6-9-14(11-24)16-20-15(23-27-16)13-7-4-3-5-8-13/h3-5,7-8,12,14H,2,6,9-11H2,1H3,(H,21,22,26). The number of urea groups is 1. The van der Waals surface area contributed by atoms with Gasteiger partial charge in [-0.1, -0.05) is 35.5 Å². The largest absolute Gasteiger partial charge is 0.339 e. The number of likely N-dealkylation sites (tertiary alicyclic amines) is 1. The van der Waals surface area contributed by atoms with Gasteiger partial charge in [-0.05, 0) is 19.8 Å². The topological polar surface area (TPSA) is 102 Å². The van der Waals surface area contributed by atoms with Crippen molar-refractivity contribution >= 4 is 12.0 Å². The number of aromatic nitrogens is 5. The fourth-order valence-electron chi connectivity index (χ4n) is 3.15. The van der Waals surface area contributed by atoms with Crippen molar-refractivity contribution < 1.29 is 9.32 Å². The van der Waals surface area contributed by atoms with Gasteiger partial charge < -0.3 is 9.42 Å². The van der Waals surface area contributed by atoms with Crippen molar-refractivity contribution in [2.24, 2.45) is 0 Å². The summed E-state index contributed by atoms with van der Waals surface area (Å²) in [6, 6.07) is 9.49. The van der Waals surface area contributed by atoms with Crippen LogP contribution in [0.1, 0.15) is 31.6 Å². The number of hydrogen-bond acceptors (Lipinski definition) is 6. The van der Waals surface area contributed by atoms with Gasteiger partial charge in [0.15, 0.2) is 0 Å². The first kappa shape index (κ1) is 17.2. The Morgan fingerprint density at radius 1 is 1.33 bits per heavy atom. The van der Waals surface area contributed by atoms with Crippen LogP contribution >= 0.6 is 0 Å². The maximum Gasteiger partial charge on any atom is 0.324 e. The Bertz CT molecular complexity index is 905. The number of amides is 2. The van der Waals surface area contributed by atoms with E-state index in [4.69, 9.17) is 4.52 Å². The fourth-order valence-corrected chi connectivity index (χ4v) is 3.15. The van der Waals surface area contributed by atoms with E-state index < -0.39 is 0 Å². The lowest BCUT2D eigenvalue weighted by atomic mass is 9.98. The molecule has 140 valence electrons. The Labute approximate surface area is 156 Å². The third-order valence-electron chi connectivity index (χ3n) is 4.61. The highest BCUT2D eigenvalue weighted by Crippen LogP contribution is 2.27. The second-order valence-corrected chi connectivity index (χ2v) is 6.46. The number of aryl methyl sites for hydroxylation is 1. The molecule has 1 saturated heterocycles. The van der Waals surface area contributed by atoms with Gasteiger partial charge in [0.2, 0.25) is 17.7 Å². The molecule has 1 unspecified atom stereocenters. The van der Waals surface area contributed by atoms with Crippen LogP contribution in [0.4, 0.5) is 10.7 Å². The summed E-state index contributed by atoms with van der Waals surface area (Å²) in [6.07, 6.45) is 3.37. The third-order valence-corrected chi connectivity index (χ3v) is 4.61. The molecule has 9 nitrogen and oxygen atoms in total. The lowest BCUT2D eigenvalue weighted by Gasteiger charge is -2.30. The molecule has 0 aliphatic carbocycles. The highest BCUT2D eigenvalue weighted by Gasteiger charge is 2.29. The molecule has 1 aliphatic rings. The molecule has 1 fully saturated rings. The van der Waals surface area contributed by atoms with E-state index in [-0.39, 0.29) is 11.9 Å². The van der Waals surface area contributed by atoms with Gasteiger partial charge in [0, 0.05) is 25.2 Å². The van der Waals surface area contributed by atoms with Crippen LogP contribution in [0.5, 0.6) is 0 Å². The molecule has 9 heteroatoms. The molecule has 0 bridgehead atoms. The molecule has 2 aromatic heterocycles. The summed E-state index contributed by atoms with van der Waals surface area (Å²) in [5, 5.41) is 11.0. The second kappa shape index (κ2) is 7.56. The number of hydrogen-bond donors (Lipinski definition) is 1. The van der Waals surface area contributed by atoms with Gasteiger partial charge in [-0.25, -0.2) is 9.78 Å². The van der Waals surface area contributed by atoms with Crippen molar-refractivity contribution in [1.29, 1.82) is 0 Å². The maximum absolute atomic E-state index is 12.5. The van der Waals surface area contributed by atoms with E-state index in [2.05, 4.69) is 25.5 Å². The molecule has 0 saturated carbocycles. The maximum atomic E-state index is 12.5. The number of piperidine rings is 1. The zero-order valence-electron chi connectivity index (χ0n) is 15.1. The number of carbonyl (C=O) groups excluding carboxylic acids is 1. The normalized spacial score (nSPS) is 17.1. The summed E-state index contributed by atoms with van der Waals surface area (Å²) in [5.74, 6) is 1.48. The lowest BCUT2D eigenvalue weighted by molar-refractivity contribution is 0.184. The van der Waals surface area contributed by atoms with Crippen molar-refractivity contribution in [3.8, 4) is 11.4 Å². The van der Waals surface area contributed by atoms with Crippen molar-refractivity contribution in [1.82, 2.24) is 29.8 Å². The summed E-state index contributed by atoms with van der Waals surface area (Å²) in [7, 11) is 0. The minimum Gasteiger partial charge on any atom is -0.339 e. The Kier molecular flexibility index (Phi) is 4.82. The fraction of sp³-hybridized carbons (Fsp3) is 0.389. The predicted molar refractivity (Wildman–Crippen MR) is 98.0 cm³/mol. The molecule has 0 spiro atoms. The van der Waals surface area contributed by atoms with E-state index >= 15 is 0 Å². The molecular weight excluding hydrogens is 346 g/mol. The summed E-state index contributed by atoms with van der Waals surface area (Å²) >= 11 is 0. The van der Waals surface area contributed by atoms with Crippen LogP contribution < -0.4 is 5.32 Å². The van der Waals surface area contributed by atoms with Crippen molar-refractivity contribution in [3.05, 3.63) is 42.5 Å². The summed E-state index contributed by atoms with van der Waals surface area (Å²) < 4.78 is 7.14. The average molecular weight is 367 g/mol. The minimum absolute atomic E-state index is 0.0237. The van der Waals surface area contributed by atoms with Gasteiger partial charge in [-0.3, -0.25) is 10.00 Å². The zero-order chi connectivity index (χ0) is 18.6. The number of nitrogens with one attached hydrogen (secondary N) is 1. The average Bonchev–Trinajstić information content (AvgIpc) is 3.38. The van der Waals surface area contributed by atoms with Crippen LogP contribution in [0.15, 0.2) is 41.2 Å². The van der Waals surface area contributed by atoms with E-state index in [9.17, 15) is 4.79 Å². The van der Waals surface area contributed by atoms with E-state index in [1.165, 1.54) is 0 Å². The highest BCUT2D eigenvalue weighted by molar-refractivity contribution is 5.87. The van der Waals surface area contributed by atoms with Crippen molar-refractivity contribution in [3.63, 3.8) is 0 Å². The van der Waals surface area contributed by atoms with E-state index in [1.54, 1.807) is 15.9 Å². The van der Waals surface area contributed by atoms with Crippen molar-refractivity contribution in [2.75, 3.05) is 18.4 Å². The Hall–Kier alpha value is -3.23. The molecule has 1 N–H and O–H groups in total. The Morgan fingerprint density at radius 2 is 2.19 bits per heavy atom. The zero-order valence-corrected chi connectivity index (χ0v) is 15.1. The number of carbonyl (C=O) groups is 1. The van der Waals surface area contributed by atoms with Crippen LogP contribution in [-0.4, -0.2) is 48.9 Å². The van der Waals surface area contributed by atoms with Crippen LogP contribution in [0.25, 0.3) is 11.4 Å². The van der Waals surface area contributed by atoms with Crippen LogP contribution in [-0.2, 0) is 6.54 Å². The quantitative estimate of drug-likeness (QED) is 0.761. The molecule has 0 radical (unpaired) electrons. The first-order valence-corrected chi connectivity index (χ1v) is 9.07. The van der Waals surface area contributed by atoms with E-state index in [0.717, 1.165) is 18.4 Å². The Balaban J connectivity index is 1.42. The highest BCUT2D eigenvalue weighted by atomic mass is 16.5. The minimum atomic E-state index is -0.212. The van der Waals surface area contributed by atoms with E-state index in [0.29, 0.717) is 37.3 Å². The summed E-state index contributed by atoms with van der Waals surface area (Å²) in [4.78, 5) is 22.9. The molecule has 27 heavy (non-hydrogen) atoms. The molecule has 4 rings (SSSR count). The summed E-state index contributed by atoms with van der Waals surface area (Å²) in [6.45, 7) is 3.87. The first-order valence-electron chi connectivity index (χ1n) is 9.07. The predicted octanol–water partition coefficient (Wildman–Crippen LogP) is 2.76. The molecule has 1 aromatic carbocycles. The molecule has 3 heterocycles. The number of rotatable bonds is 4. The van der Waals surface area contributed by atoms with E-state index in [1.807, 2.05) is 37.3 Å². The molecule has 1 atom stereocenters. The number of anilines is 1. The van der Waals surface area contributed by atoms with Gasteiger partial charge in [0.1, 0.15) is 6.33 Å². The smallest absolute Gasteiger partial charge is 0.324 e. The molecular formula is C18H21N7O2. The Morgan fingerprint density at radius 3 is 2.96 bits per heavy atom. The molecule has 1 aliphatic heterocycles. The van der Waals surface area contributed by atoms with Gasteiger partial charge in [-0.15, -0.1) is 5.10 Å². The van der Waals surface area contributed by atoms with Crippen molar-refractivity contribution in [2.45, 2.75) is 32.2 Å². The van der Waals surface area contributed by atoms with Crippen LogP contribution in [0.3, 0.4) is 0 Å². The number of nitrogens with zero attached hydrogens (tertiary/aromatic N) is 6. The second-order valence-electron chi connectivity index (χ2n) is 6.46. The van der Waals surface area contributed by atoms with Gasteiger partial charge >= 0.3 is 6.03 Å². The first-order chi connectivity index (χ1) is 13.2. The third kappa shape index (κ3) is 3.81. The monoisotopic (exact) mass is 367 g/mol.